The molecule has 1 aliphatic rings. The van der Waals surface area contributed by atoms with Gasteiger partial charge < -0.3 is 9.47 Å². The molecule has 0 aliphatic carbocycles. The molecule has 0 radical (unpaired) electrons. The molecule has 0 unspecified atom stereocenters. The number of barbiturate groups is 1. The number of amides is 4. The fraction of sp³-hybridized carbons (Fsp3) is 0.136. The zero-order valence-corrected chi connectivity index (χ0v) is 15.9. The minimum absolute atomic E-state index is 0.0633. The van der Waals surface area contributed by atoms with Crippen LogP contribution in [0.15, 0.2) is 66.8 Å². The molecule has 1 heterocycles. The molecule has 1 aliphatic heterocycles. The average molecular weight is 392 g/mol. The van der Waals surface area contributed by atoms with Crippen LogP contribution >= 0.6 is 0 Å². The third-order valence-corrected chi connectivity index (χ3v) is 4.22. The number of hydrogen-bond acceptors (Lipinski definition) is 5. The second-order valence-electron chi connectivity index (χ2n) is 6.20. The van der Waals surface area contributed by atoms with Gasteiger partial charge in [-0.05, 0) is 29.3 Å². The van der Waals surface area contributed by atoms with Crippen LogP contribution in [0.2, 0.25) is 0 Å². The predicted molar refractivity (Wildman–Crippen MR) is 107 cm³/mol. The second kappa shape index (κ2) is 8.88. The van der Waals surface area contributed by atoms with Crippen molar-refractivity contribution in [3.05, 3.63) is 77.9 Å². The van der Waals surface area contributed by atoms with Gasteiger partial charge in [0.05, 0.1) is 13.7 Å². The van der Waals surface area contributed by atoms with Crippen LogP contribution in [-0.4, -0.2) is 36.5 Å². The Morgan fingerprint density at radius 1 is 1.07 bits per heavy atom. The summed E-state index contributed by atoms with van der Waals surface area (Å²) in [5.74, 6) is -0.444. The van der Waals surface area contributed by atoms with E-state index in [1.54, 1.807) is 36.4 Å². The molecular formula is C22H20N2O5. The lowest BCUT2D eigenvalue weighted by Crippen LogP contribution is -2.53. The van der Waals surface area contributed by atoms with E-state index in [2.05, 4.69) is 11.9 Å². The van der Waals surface area contributed by atoms with E-state index in [0.717, 1.165) is 10.5 Å². The molecule has 2 aromatic carbocycles. The van der Waals surface area contributed by atoms with Gasteiger partial charge in [0.25, 0.3) is 11.8 Å². The van der Waals surface area contributed by atoms with Crippen LogP contribution in [0.25, 0.3) is 6.08 Å². The largest absolute Gasteiger partial charge is 0.493 e. The van der Waals surface area contributed by atoms with Gasteiger partial charge in [-0.25, -0.2) is 4.79 Å². The maximum absolute atomic E-state index is 12.8. The molecule has 0 spiro atoms. The van der Waals surface area contributed by atoms with Crippen molar-refractivity contribution >= 4 is 23.9 Å². The Labute approximate surface area is 168 Å². The summed E-state index contributed by atoms with van der Waals surface area (Å²) in [5.41, 5.74) is 1.19. The molecule has 0 bridgehead atoms. The number of carbonyl (C=O) groups is 3. The fourth-order valence-corrected chi connectivity index (χ4v) is 2.81. The molecule has 2 aromatic rings. The summed E-state index contributed by atoms with van der Waals surface area (Å²) in [6.45, 7) is 3.97. The van der Waals surface area contributed by atoms with Crippen LogP contribution in [-0.2, 0) is 16.1 Å². The van der Waals surface area contributed by atoms with Crippen LogP contribution in [0, 0.1) is 0 Å². The molecule has 1 saturated heterocycles. The van der Waals surface area contributed by atoms with E-state index in [0.29, 0.717) is 23.7 Å². The third kappa shape index (κ3) is 4.52. The van der Waals surface area contributed by atoms with E-state index in [1.165, 1.54) is 13.2 Å². The molecule has 7 heteroatoms. The highest BCUT2D eigenvalue weighted by molar-refractivity contribution is 6.30. The quantitative estimate of drug-likeness (QED) is 0.445. The van der Waals surface area contributed by atoms with Gasteiger partial charge in [0.2, 0.25) is 0 Å². The van der Waals surface area contributed by atoms with Crippen molar-refractivity contribution in [1.29, 1.82) is 0 Å². The summed E-state index contributed by atoms with van der Waals surface area (Å²) < 4.78 is 10.8. The summed E-state index contributed by atoms with van der Waals surface area (Å²) in [6.07, 6.45) is 3.03. The van der Waals surface area contributed by atoms with Crippen molar-refractivity contribution < 1.29 is 23.9 Å². The molecule has 148 valence electrons. The number of methoxy groups -OCH3 is 1. The first-order chi connectivity index (χ1) is 14.0. The number of benzene rings is 2. The summed E-state index contributed by atoms with van der Waals surface area (Å²) in [4.78, 5) is 38.3. The highest BCUT2D eigenvalue weighted by Crippen LogP contribution is 2.29. The first-order valence-electron chi connectivity index (χ1n) is 8.88. The Bertz CT molecular complexity index is 982. The number of hydrogen-bond donors (Lipinski definition) is 1. The number of rotatable bonds is 7. The lowest BCUT2D eigenvalue weighted by Gasteiger charge is -2.26. The number of imide groups is 2. The van der Waals surface area contributed by atoms with Gasteiger partial charge in [-0.3, -0.25) is 19.8 Å². The monoisotopic (exact) mass is 392 g/mol. The number of urea groups is 1. The lowest BCUT2D eigenvalue weighted by molar-refractivity contribution is -0.130. The van der Waals surface area contributed by atoms with Crippen molar-refractivity contribution in [2.75, 3.05) is 13.7 Å². The second-order valence-corrected chi connectivity index (χ2v) is 6.20. The Balaban J connectivity index is 1.89. The predicted octanol–water partition coefficient (Wildman–Crippen LogP) is 2.92. The summed E-state index contributed by atoms with van der Waals surface area (Å²) >= 11 is 0. The van der Waals surface area contributed by atoms with Gasteiger partial charge in [0, 0.05) is 0 Å². The minimum atomic E-state index is -0.744. The molecule has 0 atom stereocenters. The van der Waals surface area contributed by atoms with E-state index in [4.69, 9.17) is 9.47 Å². The summed E-state index contributed by atoms with van der Waals surface area (Å²) in [6, 6.07) is 13.3. The first kappa shape index (κ1) is 19.9. The summed E-state index contributed by atoms with van der Waals surface area (Å²) in [5, 5.41) is 2.21. The lowest BCUT2D eigenvalue weighted by atomic mass is 10.1. The first-order valence-corrected chi connectivity index (χ1v) is 8.88. The van der Waals surface area contributed by atoms with Crippen LogP contribution in [0.4, 0.5) is 4.79 Å². The van der Waals surface area contributed by atoms with Crippen molar-refractivity contribution in [3.63, 3.8) is 0 Å². The van der Waals surface area contributed by atoms with Gasteiger partial charge in [-0.15, -0.1) is 0 Å². The van der Waals surface area contributed by atoms with Crippen LogP contribution in [0.5, 0.6) is 11.5 Å². The number of carbonyl (C=O) groups excluding carboxylic acids is 3. The van der Waals surface area contributed by atoms with E-state index in [-0.39, 0.29) is 12.1 Å². The Morgan fingerprint density at radius 2 is 1.83 bits per heavy atom. The summed E-state index contributed by atoms with van der Waals surface area (Å²) in [7, 11) is 1.49. The Morgan fingerprint density at radius 3 is 2.52 bits per heavy atom. The van der Waals surface area contributed by atoms with E-state index < -0.39 is 17.8 Å². The van der Waals surface area contributed by atoms with Crippen molar-refractivity contribution in [2.45, 2.75) is 6.54 Å². The van der Waals surface area contributed by atoms with Crippen molar-refractivity contribution in [1.82, 2.24) is 10.2 Å². The van der Waals surface area contributed by atoms with E-state index in [9.17, 15) is 14.4 Å². The van der Waals surface area contributed by atoms with E-state index >= 15 is 0 Å². The maximum Gasteiger partial charge on any atom is 0.331 e. The van der Waals surface area contributed by atoms with Crippen LogP contribution in [0.3, 0.4) is 0 Å². The van der Waals surface area contributed by atoms with Crippen LogP contribution < -0.4 is 14.8 Å². The molecule has 29 heavy (non-hydrogen) atoms. The standard InChI is InChI=1S/C22H20N2O5/c1-3-11-29-18-10-9-16(13-19(18)28-2)12-17-20(25)23-22(27)24(21(17)26)14-15-7-5-4-6-8-15/h3-10,12-13H,1,11,14H2,2H3,(H,23,25,27)/b17-12+. The van der Waals surface area contributed by atoms with Crippen LogP contribution in [0.1, 0.15) is 11.1 Å². The molecule has 3 rings (SSSR count). The molecule has 1 N–H and O–H groups in total. The molecule has 7 nitrogen and oxygen atoms in total. The van der Waals surface area contributed by atoms with Gasteiger partial charge in [-0.1, -0.05) is 49.1 Å². The number of nitrogens with one attached hydrogen (secondary N) is 1. The van der Waals surface area contributed by atoms with Crippen molar-refractivity contribution in [3.8, 4) is 11.5 Å². The normalized spacial score (nSPS) is 15.3. The molecule has 0 saturated carbocycles. The third-order valence-electron chi connectivity index (χ3n) is 4.22. The fourth-order valence-electron chi connectivity index (χ4n) is 2.81. The highest BCUT2D eigenvalue weighted by atomic mass is 16.5. The molecule has 4 amide bonds. The van der Waals surface area contributed by atoms with Crippen molar-refractivity contribution in [2.24, 2.45) is 0 Å². The Kier molecular flexibility index (Phi) is 6.09. The molecule has 0 aromatic heterocycles. The Hall–Kier alpha value is -3.87. The van der Waals surface area contributed by atoms with E-state index in [1.807, 2.05) is 18.2 Å². The number of ether oxygens (including phenoxy) is 2. The zero-order chi connectivity index (χ0) is 20.8. The zero-order valence-electron chi connectivity index (χ0n) is 15.9. The SMILES string of the molecule is C=CCOc1ccc(/C=C2\C(=O)NC(=O)N(Cc3ccccc3)C2=O)cc1OC. The average Bonchev–Trinajstić information content (AvgIpc) is 2.73. The highest BCUT2D eigenvalue weighted by Gasteiger charge is 2.35. The smallest absolute Gasteiger partial charge is 0.331 e. The number of nitrogens with zero attached hydrogens (tertiary/aromatic N) is 1. The minimum Gasteiger partial charge on any atom is -0.493 e. The van der Waals surface area contributed by atoms with Gasteiger partial charge in [-0.2, -0.15) is 0 Å². The topological polar surface area (TPSA) is 84.9 Å². The van der Waals surface area contributed by atoms with Gasteiger partial charge in [0.15, 0.2) is 11.5 Å². The maximum atomic E-state index is 12.8. The van der Waals surface area contributed by atoms with Gasteiger partial charge in [0.1, 0.15) is 12.2 Å². The molecular weight excluding hydrogens is 372 g/mol. The molecule has 1 fully saturated rings. The van der Waals surface area contributed by atoms with Gasteiger partial charge >= 0.3 is 6.03 Å².